The zero-order valence-corrected chi connectivity index (χ0v) is 12.5. The van der Waals surface area contributed by atoms with Gasteiger partial charge in [0.2, 0.25) is 0 Å². The van der Waals surface area contributed by atoms with Gasteiger partial charge in [-0.15, -0.1) is 0 Å². The van der Waals surface area contributed by atoms with Crippen LogP contribution in [0.2, 0.25) is 0 Å². The van der Waals surface area contributed by atoms with E-state index in [2.05, 4.69) is 0 Å². The van der Waals surface area contributed by atoms with Crippen molar-refractivity contribution in [3.63, 3.8) is 0 Å². The molecule has 1 aliphatic heterocycles. The number of rotatable bonds is 4. The molecule has 2 heterocycles. The highest BCUT2D eigenvalue weighted by molar-refractivity contribution is 5.96. The molecule has 1 amide bonds. The second-order valence-corrected chi connectivity index (χ2v) is 5.42. The zero-order chi connectivity index (χ0) is 16.2. The summed E-state index contributed by atoms with van der Waals surface area (Å²) in [4.78, 5) is 25.3. The minimum Gasteiger partial charge on any atom is -0.481 e. The van der Waals surface area contributed by atoms with Gasteiger partial charge in [0, 0.05) is 17.7 Å². The third-order valence-electron chi connectivity index (χ3n) is 3.86. The number of nitrogens with zero attached hydrogens (tertiary/aromatic N) is 1. The molecule has 6 heteroatoms. The van der Waals surface area contributed by atoms with Gasteiger partial charge in [-0.1, -0.05) is 12.1 Å². The molecule has 0 aliphatic carbocycles. The van der Waals surface area contributed by atoms with Crippen LogP contribution < -0.4 is 0 Å². The fourth-order valence-electron chi connectivity index (χ4n) is 2.72. The lowest BCUT2D eigenvalue weighted by molar-refractivity contribution is -0.139. The van der Waals surface area contributed by atoms with E-state index in [1.807, 2.05) is 18.2 Å². The molecule has 2 aromatic rings. The Balaban J connectivity index is 1.84. The third kappa shape index (κ3) is 3.43. The van der Waals surface area contributed by atoms with Gasteiger partial charge in [-0.3, -0.25) is 9.59 Å². The average molecular weight is 315 g/mol. The van der Waals surface area contributed by atoms with Gasteiger partial charge in [0.1, 0.15) is 0 Å². The van der Waals surface area contributed by atoms with Crippen molar-refractivity contribution < 1.29 is 23.8 Å². The molecule has 3 rings (SSSR count). The molecule has 6 nitrogen and oxygen atoms in total. The monoisotopic (exact) mass is 315 g/mol. The van der Waals surface area contributed by atoms with Crippen LogP contribution in [0.4, 0.5) is 0 Å². The average Bonchev–Trinajstić information content (AvgIpc) is 3.09. The molecule has 0 saturated carbocycles. The Bertz CT molecular complexity index is 695. The van der Waals surface area contributed by atoms with Gasteiger partial charge >= 0.3 is 5.97 Å². The van der Waals surface area contributed by atoms with Crippen molar-refractivity contribution in [3.8, 4) is 11.1 Å². The summed E-state index contributed by atoms with van der Waals surface area (Å²) in [7, 11) is 0. The Morgan fingerprint density at radius 2 is 2.13 bits per heavy atom. The van der Waals surface area contributed by atoms with E-state index in [1.165, 1.54) is 0 Å². The van der Waals surface area contributed by atoms with Crippen molar-refractivity contribution in [2.75, 3.05) is 19.8 Å². The molecule has 0 spiro atoms. The number of aliphatic carboxylic acids is 1. The van der Waals surface area contributed by atoms with Gasteiger partial charge < -0.3 is 19.2 Å². The van der Waals surface area contributed by atoms with E-state index in [0.29, 0.717) is 18.7 Å². The third-order valence-corrected chi connectivity index (χ3v) is 3.86. The van der Waals surface area contributed by atoms with E-state index in [1.54, 1.807) is 29.6 Å². The normalized spacial score (nSPS) is 17.9. The van der Waals surface area contributed by atoms with E-state index < -0.39 is 12.0 Å². The zero-order valence-electron chi connectivity index (χ0n) is 12.5. The van der Waals surface area contributed by atoms with E-state index in [9.17, 15) is 9.59 Å². The van der Waals surface area contributed by atoms with Gasteiger partial charge in [0.05, 0.1) is 38.2 Å². The molecule has 1 aromatic carbocycles. The second-order valence-electron chi connectivity index (χ2n) is 5.42. The number of morpholine rings is 1. The van der Waals surface area contributed by atoms with Gasteiger partial charge in [0.15, 0.2) is 0 Å². The minimum absolute atomic E-state index is 0.118. The Kier molecular flexibility index (Phi) is 4.43. The molecular formula is C17H17NO5. The number of furan rings is 1. The van der Waals surface area contributed by atoms with Crippen molar-refractivity contribution >= 4 is 11.9 Å². The predicted molar refractivity (Wildman–Crippen MR) is 82.0 cm³/mol. The molecule has 1 aromatic heterocycles. The highest BCUT2D eigenvalue weighted by Crippen LogP contribution is 2.22. The SMILES string of the molecule is O=C(O)C[C@H]1COCCN1C(=O)c1cccc(-c2ccoc2)c1. The number of carbonyl (C=O) groups is 2. The fourth-order valence-corrected chi connectivity index (χ4v) is 2.72. The van der Waals surface area contributed by atoms with Crippen LogP contribution in [0.5, 0.6) is 0 Å². The Hall–Kier alpha value is -2.60. The van der Waals surface area contributed by atoms with Crippen LogP contribution >= 0.6 is 0 Å². The topological polar surface area (TPSA) is 80.0 Å². The van der Waals surface area contributed by atoms with E-state index in [4.69, 9.17) is 14.3 Å². The fraction of sp³-hybridized carbons (Fsp3) is 0.294. The molecular weight excluding hydrogens is 298 g/mol. The van der Waals surface area contributed by atoms with Gasteiger partial charge in [0.25, 0.3) is 5.91 Å². The molecule has 1 aliphatic rings. The summed E-state index contributed by atoms with van der Waals surface area (Å²) in [6, 6.07) is 8.62. The first-order valence-corrected chi connectivity index (χ1v) is 7.38. The molecule has 1 fully saturated rings. The van der Waals surface area contributed by atoms with E-state index >= 15 is 0 Å². The molecule has 0 bridgehead atoms. The number of hydrogen-bond acceptors (Lipinski definition) is 4. The number of benzene rings is 1. The molecule has 0 unspecified atom stereocenters. The largest absolute Gasteiger partial charge is 0.481 e. The number of hydrogen-bond donors (Lipinski definition) is 1. The highest BCUT2D eigenvalue weighted by atomic mass is 16.5. The number of amides is 1. The van der Waals surface area contributed by atoms with E-state index in [-0.39, 0.29) is 18.9 Å². The number of carboxylic acid groups (broad SMARTS) is 1. The van der Waals surface area contributed by atoms with E-state index in [0.717, 1.165) is 11.1 Å². The van der Waals surface area contributed by atoms with Crippen LogP contribution in [-0.4, -0.2) is 47.7 Å². The number of carbonyl (C=O) groups excluding carboxylic acids is 1. The summed E-state index contributed by atoms with van der Waals surface area (Å²) in [5, 5.41) is 9.00. The van der Waals surface area contributed by atoms with Crippen molar-refractivity contribution in [3.05, 3.63) is 48.4 Å². The Morgan fingerprint density at radius 1 is 1.26 bits per heavy atom. The first-order valence-electron chi connectivity index (χ1n) is 7.38. The summed E-state index contributed by atoms with van der Waals surface area (Å²) in [6.45, 7) is 1.06. The predicted octanol–water partition coefficient (Wildman–Crippen LogP) is 2.26. The maximum Gasteiger partial charge on any atom is 0.305 e. The van der Waals surface area contributed by atoms with Gasteiger partial charge in [-0.25, -0.2) is 0 Å². The lowest BCUT2D eigenvalue weighted by atomic mass is 10.0. The summed E-state index contributed by atoms with van der Waals surface area (Å²) in [5.41, 5.74) is 2.30. The quantitative estimate of drug-likeness (QED) is 0.936. The van der Waals surface area contributed by atoms with Gasteiger partial charge in [-0.05, 0) is 23.8 Å². The van der Waals surface area contributed by atoms with Crippen LogP contribution in [-0.2, 0) is 9.53 Å². The van der Waals surface area contributed by atoms with Crippen molar-refractivity contribution in [1.29, 1.82) is 0 Å². The highest BCUT2D eigenvalue weighted by Gasteiger charge is 2.29. The maximum atomic E-state index is 12.8. The van der Waals surface area contributed by atoms with Gasteiger partial charge in [-0.2, -0.15) is 0 Å². The van der Waals surface area contributed by atoms with Crippen LogP contribution in [0.25, 0.3) is 11.1 Å². The summed E-state index contributed by atoms with van der Waals surface area (Å²) >= 11 is 0. The molecule has 0 radical (unpaired) electrons. The Morgan fingerprint density at radius 3 is 2.87 bits per heavy atom. The lowest BCUT2D eigenvalue weighted by Crippen LogP contribution is -2.49. The number of carboxylic acids is 1. The van der Waals surface area contributed by atoms with Crippen LogP contribution in [0, 0.1) is 0 Å². The van der Waals surface area contributed by atoms with Crippen molar-refractivity contribution in [1.82, 2.24) is 4.90 Å². The first-order chi connectivity index (χ1) is 11.1. The smallest absolute Gasteiger partial charge is 0.305 e. The van der Waals surface area contributed by atoms with Crippen LogP contribution in [0.3, 0.4) is 0 Å². The minimum atomic E-state index is -0.939. The Labute approximate surface area is 133 Å². The standard InChI is InChI=1S/C17H17NO5/c19-16(20)9-15-11-23-7-5-18(15)17(21)13-3-1-2-12(8-13)14-4-6-22-10-14/h1-4,6,8,10,15H,5,7,9,11H2,(H,19,20)/t15-/m0/s1. The second kappa shape index (κ2) is 6.66. The van der Waals surface area contributed by atoms with Crippen LogP contribution in [0.15, 0.2) is 47.3 Å². The lowest BCUT2D eigenvalue weighted by Gasteiger charge is -2.35. The molecule has 120 valence electrons. The first kappa shape index (κ1) is 15.3. The summed E-state index contributed by atoms with van der Waals surface area (Å²) in [5.74, 6) is -1.12. The molecule has 23 heavy (non-hydrogen) atoms. The molecule has 1 saturated heterocycles. The van der Waals surface area contributed by atoms with Crippen molar-refractivity contribution in [2.24, 2.45) is 0 Å². The van der Waals surface area contributed by atoms with Crippen LogP contribution in [0.1, 0.15) is 16.8 Å². The maximum absolute atomic E-state index is 12.8. The summed E-state index contributed by atoms with van der Waals surface area (Å²) < 4.78 is 10.4. The number of ether oxygens (including phenoxy) is 1. The summed E-state index contributed by atoms with van der Waals surface area (Å²) in [6.07, 6.45) is 3.08. The van der Waals surface area contributed by atoms with Crippen molar-refractivity contribution in [2.45, 2.75) is 12.5 Å². The molecule has 1 atom stereocenters. The molecule has 1 N–H and O–H groups in total.